The molecule has 0 aliphatic carbocycles. The number of nitrogens with zero attached hydrogens (tertiary/aromatic N) is 1. The lowest BCUT2D eigenvalue weighted by molar-refractivity contribution is -0.121. The second-order valence-electron chi connectivity index (χ2n) is 7.14. The first kappa shape index (κ1) is 21.7. The number of carbonyl (C=O) groups excluding carboxylic acids is 1. The van der Waals surface area contributed by atoms with Gasteiger partial charge in [0.15, 0.2) is 5.75 Å². The average molecular weight is 425 g/mol. The van der Waals surface area contributed by atoms with E-state index in [1.165, 1.54) is 6.07 Å². The van der Waals surface area contributed by atoms with Crippen molar-refractivity contribution in [1.29, 1.82) is 0 Å². The van der Waals surface area contributed by atoms with Crippen molar-refractivity contribution in [2.45, 2.75) is 32.4 Å². The van der Waals surface area contributed by atoms with Crippen molar-refractivity contribution >= 4 is 17.5 Å². The number of halogens is 1. The molecule has 5 nitrogen and oxygen atoms in total. The van der Waals surface area contributed by atoms with E-state index in [2.05, 4.69) is 5.32 Å². The molecule has 1 heterocycles. The Bertz CT molecular complexity index is 1030. The van der Waals surface area contributed by atoms with Crippen LogP contribution in [0.1, 0.15) is 29.7 Å². The number of rotatable bonds is 9. The molecule has 0 atom stereocenters. The molecule has 1 N–H and O–H groups in total. The van der Waals surface area contributed by atoms with E-state index in [1.54, 1.807) is 10.8 Å². The van der Waals surface area contributed by atoms with Gasteiger partial charge in [0.25, 0.3) is 0 Å². The highest BCUT2D eigenvalue weighted by molar-refractivity contribution is 6.30. The topological polar surface area (TPSA) is 60.3 Å². The highest BCUT2D eigenvalue weighted by atomic mass is 35.5. The number of benzene rings is 2. The minimum Gasteiger partial charge on any atom is -0.483 e. The number of aryl methyl sites for hydroxylation is 2. The van der Waals surface area contributed by atoms with E-state index >= 15 is 0 Å². The standard InChI is InChI=1S/C24H25ClN2O3/c1-27-16-23(30-17-19-6-3-2-4-7-19)22(28)14-21(27)15-26-24(29)9-5-8-18-10-12-20(25)13-11-18/h2-4,6-7,10-14,16H,5,8-9,15,17H2,1H3,(H,26,29). The summed E-state index contributed by atoms with van der Waals surface area (Å²) in [4.78, 5) is 24.5. The molecule has 3 aromatic rings. The zero-order valence-corrected chi connectivity index (χ0v) is 17.7. The van der Waals surface area contributed by atoms with E-state index in [-0.39, 0.29) is 11.3 Å². The molecule has 0 spiro atoms. The summed E-state index contributed by atoms with van der Waals surface area (Å²) < 4.78 is 7.46. The Morgan fingerprint density at radius 1 is 1.07 bits per heavy atom. The van der Waals surface area contributed by atoms with Crippen LogP contribution in [0.4, 0.5) is 0 Å². The van der Waals surface area contributed by atoms with Gasteiger partial charge in [-0.25, -0.2) is 0 Å². The van der Waals surface area contributed by atoms with Crippen molar-refractivity contribution in [2.24, 2.45) is 7.05 Å². The Kier molecular flexibility index (Phi) is 7.69. The summed E-state index contributed by atoms with van der Waals surface area (Å²) >= 11 is 5.88. The molecule has 0 radical (unpaired) electrons. The van der Waals surface area contributed by atoms with Crippen molar-refractivity contribution < 1.29 is 9.53 Å². The average Bonchev–Trinajstić information content (AvgIpc) is 2.75. The quantitative estimate of drug-likeness (QED) is 0.558. The second-order valence-corrected chi connectivity index (χ2v) is 7.57. The summed E-state index contributed by atoms with van der Waals surface area (Å²) in [6.07, 6.45) is 3.65. The van der Waals surface area contributed by atoms with Crippen LogP contribution in [0.15, 0.2) is 71.7 Å². The molecule has 0 saturated heterocycles. The van der Waals surface area contributed by atoms with Crippen LogP contribution in [0.3, 0.4) is 0 Å². The first-order valence-corrected chi connectivity index (χ1v) is 10.3. The van der Waals surface area contributed by atoms with Crippen molar-refractivity contribution in [3.05, 3.63) is 98.9 Å². The van der Waals surface area contributed by atoms with Gasteiger partial charge in [0.05, 0.1) is 12.7 Å². The zero-order valence-electron chi connectivity index (χ0n) is 16.9. The minimum absolute atomic E-state index is 0.0409. The van der Waals surface area contributed by atoms with Gasteiger partial charge in [-0.05, 0) is 36.1 Å². The van der Waals surface area contributed by atoms with Gasteiger partial charge in [-0.3, -0.25) is 9.59 Å². The van der Waals surface area contributed by atoms with E-state index in [9.17, 15) is 9.59 Å². The van der Waals surface area contributed by atoms with Gasteiger partial charge in [0, 0.05) is 30.3 Å². The van der Waals surface area contributed by atoms with Crippen molar-refractivity contribution in [2.75, 3.05) is 0 Å². The molecule has 0 saturated carbocycles. The third-order valence-corrected chi connectivity index (χ3v) is 5.04. The molecule has 6 heteroatoms. The summed E-state index contributed by atoms with van der Waals surface area (Å²) in [5.74, 6) is 0.250. The normalized spacial score (nSPS) is 10.6. The van der Waals surface area contributed by atoms with Crippen LogP contribution in [0.2, 0.25) is 5.02 Å². The lowest BCUT2D eigenvalue weighted by Crippen LogP contribution is -2.25. The number of hydrogen-bond acceptors (Lipinski definition) is 3. The van der Waals surface area contributed by atoms with Crippen LogP contribution in [-0.4, -0.2) is 10.5 Å². The highest BCUT2D eigenvalue weighted by Crippen LogP contribution is 2.12. The Morgan fingerprint density at radius 3 is 2.53 bits per heavy atom. The number of nitrogens with one attached hydrogen (secondary N) is 1. The third-order valence-electron chi connectivity index (χ3n) is 4.79. The molecule has 0 bridgehead atoms. The third kappa shape index (κ3) is 6.49. The number of aromatic nitrogens is 1. The summed E-state index contributed by atoms with van der Waals surface area (Å²) in [7, 11) is 1.83. The molecular formula is C24H25ClN2O3. The molecule has 1 amide bonds. The van der Waals surface area contributed by atoms with Crippen molar-refractivity contribution in [3.63, 3.8) is 0 Å². The summed E-state index contributed by atoms with van der Waals surface area (Å²) in [5.41, 5.74) is 2.67. The second kappa shape index (κ2) is 10.6. The number of amides is 1. The highest BCUT2D eigenvalue weighted by Gasteiger charge is 2.08. The molecule has 1 aromatic heterocycles. The Balaban J connectivity index is 1.47. The van der Waals surface area contributed by atoms with Gasteiger partial charge < -0.3 is 14.6 Å². The SMILES string of the molecule is Cn1cc(OCc2ccccc2)c(=O)cc1CNC(=O)CCCc1ccc(Cl)cc1. The van der Waals surface area contributed by atoms with E-state index < -0.39 is 0 Å². The van der Waals surface area contributed by atoms with Gasteiger partial charge in [0.1, 0.15) is 6.61 Å². The smallest absolute Gasteiger partial charge is 0.223 e. The van der Waals surface area contributed by atoms with Gasteiger partial charge in [-0.2, -0.15) is 0 Å². The summed E-state index contributed by atoms with van der Waals surface area (Å²) in [6.45, 7) is 0.629. The van der Waals surface area contributed by atoms with Crippen LogP contribution < -0.4 is 15.5 Å². The predicted molar refractivity (Wildman–Crippen MR) is 119 cm³/mol. The fourth-order valence-electron chi connectivity index (χ4n) is 3.05. The van der Waals surface area contributed by atoms with Gasteiger partial charge in [-0.1, -0.05) is 54.1 Å². The zero-order chi connectivity index (χ0) is 21.3. The summed E-state index contributed by atoms with van der Waals surface area (Å²) in [6, 6.07) is 18.8. The van der Waals surface area contributed by atoms with Crippen molar-refractivity contribution in [1.82, 2.24) is 9.88 Å². The first-order chi connectivity index (χ1) is 14.5. The van der Waals surface area contributed by atoms with Crippen LogP contribution >= 0.6 is 11.6 Å². The van der Waals surface area contributed by atoms with Gasteiger partial charge in [-0.15, -0.1) is 0 Å². The molecular weight excluding hydrogens is 400 g/mol. The van der Waals surface area contributed by atoms with Gasteiger partial charge in [0.2, 0.25) is 11.3 Å². The lowest BCUT2D eigenvalue weighted by atomic mass is 10.1. The predicted octanol–water partition coefficient (Wildman–Crippen LogP) is 4.26. The van der Waals surface area contributed by atoms with Crippen LogP contribution in [-0.2, 0) is 31.4 Å². The molecule has 30 heavy (non-hydrogen) atoms. The molecule has 2 aromatic carbocycles. The number of ether oxygens (including phenoxy) is 1. The molecule has 0 unspecified atom stereocenters. The monoisotopic (exact) mass is 424 g/mol. The molecule has 0 aliphatic heterocycles. The van der Waals surface area contributed by atoms with Crippen LogP contribution in [0.25, 0.3) is 0 Å². The largest absolute Gasteiger partial charge is 0.483 e. The molecule has 0 fully saturated rings. The molecule has 0 aliphatic rings. The number of carbonyl (C=O) groups is 1. The summed E-state index contributed by atoms with van der Waals surface area (Å²) in [5, 5.41) is 3.59. The van der Waals surface area contributed by atoms with E-state index in [0.717, 1.165) is 29.7 Å². The van der Waals surface area contributed by atoms with E-state index in [1.807, 2.05) is 61.6 Å². The van der Waals surface area contributed by atoms with E-state index in [0.29, 0.717) is 30.3 Å². The maximum absolute atomic E-state index is 12.4. The fraction of sp³-hybridized carbons (Fsp3) is 0.250. The molecule has 156 valence electrons. The lowest BCUT2D eigenvalue weighted by Gasteiger charge is -2.13. The van der Waals surface area contributed by atoms with Crippen LogP contribution in [0.5, 0.6) is 5.75 Å². The molecule has 3 rings (SSSR count). The Morgan fingerprint density at radius 2 is 1.80 bits per heavy atom. The number of pyridine rings is 1. The van der Waals surface area contributed by atoms with Crippen molar-refractivity contribution in [3.8, 4) is 5.75 Å². The Hall–Kier alpha value is -3.05. The first-order valence-electron chi connectivity index (χ1n) is 9.88. The van der Waals surface area contributed by atoms with Crippen LogP contribution in [0, 0.1) is 0 Å². The van der Waals surface area contributed by atoms with E-state index in [4.69, 9.17) is 16.3 Å². The fourth-order valence-corrected chi connectivity index (χ4v) is 3.17. The minimum atomic E-state index is -0.198. The van der Waals surface area contributed by atoms with Gasteiger partial charge >= 0.3 is 0 Å². The maximum Gasteiger partial charge on any atom is 0.223 e. The maximum atomic E-state index is 12.4. The number of hydrogen-bond donors (Lipinski definition) is 1. The Labute approximate surface area is 181 Å².